The molecule has 0 radical (unpaired) electrons. The van der Waals surface area contributed by atoms with Crippen LogP contribution >= 0.6 is 15.9 Å². The number of halogens is 1. The Morgan fingerprint density at radius 1 is 1.19 bits per heavy atom. The quantitative estimate of drug-likeness (QED) is 0.820. The van der Waals surface area contributed by atoms with Gasteiger partial charge in [-0.2, -0.15) is 0 Å². The van der Waals surface area contributed by atoms with E-state index in [4.69, 9.17) is 0 Å². The molecule has 0 saturated carbocycles. The molecule has 0 aliphatic heterocycles. The first-order valence-electron chi connectivity index (χ1n) is 6.46. The first kappa shape index (κ1) is 15.9. The number of pyridine rings is 1. The number of nitrogens with one attached hydrogen (secondary N) is 2. The summed E-state index contributed by atoms with van der Waals surface area (Å²) in [6.07, 6.45) is 1.56. The molecule has 1 heterocycles. The molecule has 0 atom stereocenters. The van der Waals surface area contributed by atoms with E-state index in [1.54, 1.807) is 12.3 Å². The van der Waals surface area contributed by atoms with Crippen molar-refractivity contribution in [1.82, 2.24) is 9.71 Å². The summed E-state index contributed by atoms with van der Waals surface area (Å²) in [5.41, 5.74) is 0.870. The number of benzene rings is 1. The lowest BCUT2D eigenvalue weighted by atomic mass is 10.2. The predicted octanol–water partition coefficient (Wildman–Crippen LogP) is 2.75. The number of hydrogen-bond acceptors (Lipinski definition) is 4. The fourth-order valence-corrected chi connectivity index (χ4v) is 3.36. The summed E-state index contributed by atoms with van der Waals surface area (Å²) in [6, 6.07) is 10.6. The summed E-state index contributed by atoms with van der Waals surface area (Å²) in [6.45, 7) is 2.70. The zero-order chi connectivity index (χ0) is 15.3. The maximum absolute atomic E-state index is 12.4. The molecule has 2 N–H and O–H groups in total. The van der Waals surface area contributed by atoms with E-state index in [2.05, 4.69) is 31.0 Å². The molecule has 0 bridgehead atoms. The number of aromatic nitrogens is 1. The Labute approximate surface area is 133 Å². The van der Waals surface area contributed by atoms with Crippen LogP contribution in [0.15, 0.2) is 52.0 Å². The molecule has 0 fully saturated rings. The maximum atomic E-state index is 12.4. The van der Waals surface area contributed by atoms with Crippen molar-refractivity contribution in [3.63, 3.8) is 0 Å². The van der Waals surface area contributed by atoms with Gasteiger partial charge in [-0.3, -0.25) is 0 Å². The third-order valence-electron chi connectivity index (χ3n) is 2.81. The Balaban J connectivity index is 2.21. The van der Waals surface area contributed by atoms with E-state index in [1.165, 1.54) is 6.07 Å². The van der Waals surface area contributed by atoms with Gasteiger partial charge in [0, 0.05) is 23.8 Å². The first-order valence-corrected chi connectivity index (χ1v) is 8.74. The van der Waals surface area contributed by atoms with E-state index in [-0.39, 0.29) is 11.4 Å². The van der Waals surface area contributed by atoms with Crippen molar-refractivity contribution in [3.05, 3.63) is 52.6 Å². The van der Waals surface area contributed by atoms with Crippen molar-refractivity contribution in [2.45, 2.75) is 18.4 Å². The van der Waals surface area contributed by atoms with Crippen LogP contribution in [-0.4, -0.2) is 19.9 Å². The molecule has 7 heteroatoms. The lowest BCUT2D eigenvalue weighted by molar-refractivity contribution is 0.581. The molecule has 2 rings (SSSR count). The van der Waals surface area contributed by atoms with E-state index >= 15 is 0 Å². The third kappa shape index (κ3) is 4.03. The molecule has 0 amide bonds. The molecule has 0 aliphatic rings. The highest BCUT2D eigenvalue weighted by molar-refractivity contribution is 9.10. The summed E-state index contributed by atoms with van der Waals surface area (Å²) in [7, 11) is -3.62. The number of nitrogens with zero attached hydrogens (tertiary/aromatic N) is 1. The zero-order valence-electron chi connectivity index (χ0n) is 11.5. The van der Waals surface area contributed by atoms with Crippen LogP contribution in [0.1, 0.15) is 12.5 Å². The molecule has 0 saturated heterocycles. The van der Waals surface area contributed by atoms with Gasteiger partial charge in [0.1, 0.15) is 10.7 Å². The second kappa shape index (κ2) is 7.02. The summed E-state index contributed by atoms with van der Waals surface area (Å²) >= 11 is 3.40. The van der Waals surface area contributed by atoms with Gasteiger partial charge in [-0.05, 0) is 30.7 Å². The van der Waals surface area contributed by atoms with Gasteiger partial charge in [0.2, 0.25) is 10.0 Å². The van der Waals surface area contributed by atoms with E-state index in [0.29, 0.717) is 12.4 Å². The van der Waals surface area contributed by atoms with Crippen molar-refractivity contribution in [3.8, 4) is 0 Å². The molecule has 2 aromatic rings. The Morgan fingerprint density at radius 2 is 1.95 bits per heavy atom. The van der Waals surface area contributed by atoms with Gasteiger partial charge in [-0.15, -0.1) is 0 Å². The van der Waals surface area contributed by atoms with Gasteiger partial charge in [0.25, 0.3) is 0 Å². The molecule has 1 aromatic heterocycles. The third-order valence-corrected chi connectivity index (χ3v) is 5.02. The summed E-state index contributed by atoms with van der Waals surface area (Å²) < 4.78 is 28.3. The smallest absolute Gasteiger partial charge is 0.244 e. The highest BCUT2D eigenvalue weighted by Gasteiger charge is 2.19. The topological polar surface area (TPSA) is 71.1 Å². The van der Waals surface area contributed by atoms with Crippen molar-refractivity contribution >= 4 is 31.8 Å². The van der Waals surface area contributed by atoms with Crippen molar-refractivity contribution in [2.24, 2.45) is 0 Å². The van der Waals surface area contributed by atoms with Crippen LogP contribution in [0.5, 0.6) is 0 Å². The maximum Gasteiger partial charge on any atom is 0.244 e. The second-order valence-corrected chi connectivity index (χ2v) is 6.89. The van der Waals surface area contributed by atoms with Crippen LogP contribution in [-0.2, 0) is 16.6 Å². The average Bonchev–Trinajstić information content (AvgIpc) is 2.47. The Bertz CT molecular complexity index is 720. The zero-order valence-corrected chi connectivity index (χ0v) is 13.9. The monoisotopic (exact) mass is 369 g/mol. The normalized spacial score (nSPS) is 11.3. The predicted molar refractivity (Wildman–Crippen MR) is 86.6 cm³/mol. The molecule has 0 unspecified atom stereocenters. The van der Waals surface area contributed by atoms with Gasteiger partial charge in [0.15, 0.2) is 0 Å². The van der Waals surface area contributed by atoms with Gasteiger partial charge in [-0.1, -0.05) is 34.1 Å². The second-order valence-electron chi connectivity index (χ2n) is 4.30. The van der Waals surface area contributed by atoms with Crippen molar-refractivity contribution < 1.29 is 8.42 Å². The molecule has 0 aliphatic carbocycles. The summed E-state index contributed by atoms with van der Waals surface area (Å²) in [5.74, 6) is 0.361. The Hall–Kier alpha value is -1.44. The first-order chi connectivity index (χ1) is 10.0. The molecule has 5 nitrogen and oxygen atoms in total. The minimum absolute atomic E-state index is 0.152. The number of sulfonamides is 1. The van der Waals surface area contributed by atoms with Crippen molar-refractivity contribution in [1.29, 1.82) is 0 Å². The minimum Gasteiger partial charge on any atom is -0.369 e. The Morgan fingerprint density at radius 3 is 2.67 bits per heavy atom. The van der Waals surface area contributed by atoms with Crippen LogP contribution in [0.3, 0.4) is 0 Å². The highest BCUT2D eigenvalue weighted by atomic mass is 79.9. The molecular formula is C14H16BrN3O2S. The highest BCUT2D eigenvalue weighted by Crippen LogP contribution is 2.20. The van der Waals surface area contributed by atoms with Gasteiger partial charge < -0.3 is 5.32 Å². The fourth-order valence-electron chi connectivity index (χ4n) is 1.80. The summed E-state index contributed by atoms with van der Waals surface area (Å²) in [4.78, 5) is 4.22. The summed E-state index contributed by atoms with van der Waals surface area (Å²) in [5, 5.41) is 2.95. The lowest BCUT2D eigenvalue weighted by Gasteiger charge is -2.11. The average molecular weight is 370 g/mol. The molecule has 21 heavy (non-hydrogen) atoms. The minimum atomic E-state index is -3.62. The molecular weight excluding hydrogens is 354 g/mol. The molecule has 1 aromatic carbocycles. The van der Waals surface area contributed by atoms with Crippen LogP contribution in [0, 0.1) is 0 Å². The van der Waals surface area contributed by atoms with E-state index in [1.807, 2.05) is 31.2 Å². The van der Waals surface area contributed by atoms with Gasteiger partial charge in [-0.25, -0.2) is 18.1 Å². The number of anilines is 1. The van der Waals surface area contributed by atoms with Crippen LogP contribution in [0.25, 0.3) is 0 Å². The van der Waals surface area contributed by atoms with E-state index in [9.17, 15) is 8.42 Å². The molecule has 0 spiro atoms. The van der Waals surface area contributed by atoms with Crippen LogP contribution in [0.2, 0.25) is 0 Å². The van der Waals surface area contributed by atoms with Crippen LogP contribution in [0.4, 0.5) is 5.82 Å². The number of rotatable bonds is 6. The fraction of sp³-hybridized carbons (Fsp3) is 0.214. The molecule has 112 valence electrons. The van der Waals surface area contributed by atoms with E-state index < -0.39 is 10.0 Å². The van der Waals surface area contributed by atoms with Gasteiger partial charge >= 0.3 is 0 Å². The van der Waals surface area contributed by atoms with Gasteiger partial charge in [0.05, 0.1) is 0 Å². The van der Waals surface area contributed by atoms with Crippen LogP contribution < -0.4 is 10.0 Å². The largest absolute Gasteiger partial charge is 0.369 e. The number of hydrogen-bond donors (Lipinski definition) is 2. The van der Waals surface area contributed by atoms with E-state index in [0.717, 1.165) is 10.0 Å². The lowest BCUT2D eigenvalue weighted by Crippen LogP contribution is -2.24. The SMILES string of the molecule is CCNc1ncccc1S(=O)(=O)NCc1ccccc1Br. The Kier molecular flexibility index (Phi) is 5.33. The standard InChI is InChI=1S/C14H16BrN3O2S/c1-2-16-14-13(8-5-9-17-14)21(19,20)18-10-11-6-3-4-7-12(11)15/h3-9,18H,2,10H2,1H3,(H,16,17). The van der Waals surface area contributed by atoms with Crippen molar-refractivity contribution in [2.75, 3.05) is 11.9 Å².